The van der Waals surface area contributed by atoms with E-state index in [0.29, 0.717) is 6.42 Å². The Morgan fingerprint density at radius 2 is 1.95 bits per heavy atom. The van der Waals surface area contributed by atoms with Gasteiger partial charge in [0.05, 0.1) is 0 Å². The molecular formula is C16H18BrF2NS. The Balaban J connectivity index is 2.28. The molecular weight excluding hydrogens is 356 g/mol. The summed E-state index contributed by atoms with van der Waals surface area (Å²) in [6.07, 6.45) is 1.28. The lowest BCUT2D eigenvalue weighted by molar-refractivity contribution is 0.494. The van der Waals surface area contributed by atoms with Crippen LogP contribution in [0.4, 0.5) is 8.78 Å². The van der Waals surface area contributed by atoms with Crippen LogP contribution < -0.4 is 5.32 Å². The van der Waals surface area contributed by atoms with Crippen LogP contribution in [0.5, 0.6) is 0 Å². The van der Waals surface area contributed by atoms with Gasteiger partial charge in [0.2, 0.25) is 0 Å². The number of halogens is 3. The van der Waals surface area contributed by atoms with E-state index in [1.54, 1.807) is 11.3 Å². The van der Waals surface area contributed by atoms with E-state index in [4.69, 9.17) is 0 Å². The molecule has 0 aliphatic rings. The van der Waals surface area contributed by atoms with Crippen LogP contribution in [-0.2, 0) is 6.42 Å². The quantitative estimate of drug-likeness (QED) is 0.716. The maximum atomic E-state index is 13.9. The number of nitrogens with one attached hydrogen (secondary N) is 1. The van der Waals surface area contributed by atoms with Gasteiger partial charge in [0.1, 0.15) is 11.6 Å². The van der Waals surface area contributed by atoms with Gasteiger partial charge < -0.3 is 5.32 Å². The van der Waals surface area contributed by atoms with Crippen LogP contribution in [0.15, 0.2) is 28.7 Å². The van der Waals surface area contributed by atoms with Gasteiger partial charge in [-0.3, -0.25) is 0 Å². The smallest absolute Gasteiger partial charge is 0.129 e. The van der Waals surface area contributed by atoms with Gasteiger partial charge in [-0.05, 0) is 60.4 Å². The summed E-state index contributed by atoms with van der Waals surface area (Å²) >= 11 is 5.15. The molecule has 0 aliphatic carbocycles. The predicted octanol–water partition coefficient (Wildman–Crippen LogP) is 5.38. The molecule has 21 heavy (non-hydrogen) atoms. The van der Waals surface area contributed by atoms with Crippen LogP contribution in [0.25, 0.3) is 0 Å². The van der Waals surface area contributed by atoms with Gasteiger partial charge in [-0.15, -0.1) is 11.3 Å². The summed E-state index contributed by atoms with van der Waals surface area (Å²) in [5.74, 6) is -0.962. The molecule has 1 aromatic heterocycles. The molecule has 1 nitrogen and oxygen atoms in total. The van der Waals surface area contributed by atoms with Crippen molar-refractivity contribution in [3.8, 4) is 0 Å². The van der Waals surface area contributed by atoms with Crippen LogP contribution in [-0.4, -0.2) is 6.54 Å². The summed E-state index contributed by atoms with van der Waals surface area (Å²) < 4.78 is 28.8. The number of benzene rings is 1. The third-order valence-corrected chi connectivity index (χ3v) is 5.58. The van der Waals surface area contributed by atoms with E-state index in [1.165, 1.54) is 23.1 Å². The minimum Gasteiger partial charge on any atom is -0.309 e. The van der Waals surface area contributed by atoms with Crippen molar-refractivity contribution >= 4 is 27.3 Å². The van der Waals surface area contributed by atoms with Gasteiger partial charge >= 0.3 is 0 Å². The topological polar surface area (TPSA) is 12.0 Å². The van der Waals surface area contributed by atoms with E-state index in [2.05, 4.69) is 28.2 Å². The summed E-state index contributed by atoms with van der Waals surface area (Å²) in [6.45, 7) is 4.91. The molecule has 0 saturated carbocycles. The zero-order chi connectivity index (χ0) is 15.4. The first-order valence-electron chi connectivity index (χ1n) is 6.95. The molecule has 1 unspecified atom stereocenters. The summed E-state index contributed by atoms with van der Waals surface area (Å²) in [7, 11) is 0. The van der Waals surface area contributed by atoms with Gasteiger partial charge in [-0.25, -0.2) is 8.78 Å². The van der Waals surface area contributed by atoms with Crippen molar-refractivity contribution in [2.24, 2.45) is 0 Å². The van der Waals surface area contributed by atoms with E-state index >= 15 is 0 Å². The normalized spacial score (nSPS) is 12.6. The van der Waals surface area contributed by atoms with Crippen molar-refractivity contribution < 1.29 is 8.78 Å². The van der Waals surface area contributed by atoms with Gasteiger partial charge in [-0.2, -0.15) is 0 Å². The lowest BCUT2D eigenvalue weighted by Crippen LogP contribution is -2.24. The molecule has 0 amide bonds. The number of thiophene rings is 1. The standard InChI is InChI=1S/C16H18BrF2NS/c1-3-7-20-15(16-9-12(17)10(2)21-16)8-11-13(18)5-4-6-14(11)19/h4-6,9,15,20H,3,7-8H2,1-2H3. The monoisotopic (exact) mass is 373 g/mol. The second kappa shape index (κ2) is 7.47. The molecule has 5 heteroatoms. The van der Waals surface area contributed by atoms with Crippen molar-refractivity contribution in [1.82, 2.24) is 5.32 Å². The fourth-order valence-corrected chi connectivity index (χ4v) is 3.81. The molecule has 1 atom stereocenters. The van der Waals surface area contributed by atoms with Crippen molar-refractivity contribution in [2.75, 3.05) is 6.54 Å². The van der Waals surface area contributed by atoms with Crippen LogP contribution >= 0.6 is 27.3 Å². The fraction of sp³-hybridized carbons (Fsp3) is 0.375. The Hall–Kier alpha value is -0.780. The third kappa shape index (κ3) is 4.11. The lowest BCUT2D eigenvalue weighted by atomic mass is 10.0. The van der Waals surface area contributed by atoms with E-state index in [1.807, 2.05) is 13.0 Å². The summed E-state index contributed by atoms with van der Waals surface area (Å²) in [5.41, 5.74) is 0.147. The van der Waals surface area contributed by atoms with E-state index < -0.39 is 11.6 Å². The first kappa shape index (κ1) is 16.6. The first-order chi connectivity index (χ1) is 10.0. The van der Waals surface area contributed by atoms with Crippen molar-refractivity contribution in [1.29, 1.82) is 0 Å². The maximum Gasteiger partial charge on any atom is 0.129 e. The van der Waals surface area contributed by atoms with E-state index in [0.717, 1.165) is 22.3 Å². The molecule has 0 radical (unpaired) electrons. The molecule has 0 saturated heterocycles. The number of hydrogen-bond acceptors (Lipinski definition) is 2. The molecule has 0 spiro atoms. The zero-order valence-corrected chi connectivity index (χ0v) is 14.5. The molecule has 1 aromatic carbocycles. The molecule has 0 fully saturated rings. The number of hydrogen-bond donors (Lipinski definition) is 1. The Bertz CT molecular complexity index is 573. The van der Waals surface area contributed by atoms with Crippen LogP contribution in [0, 0.1) is 18.6 Å². The second-order valence-corrected chi connectivity index (χ2v) is 7.11. The van der Waals surface area contributed by atoms with Gasteiger partial charge in [-0.1, -0.05) is 13.0 Å². The average molecular weight is 374 g/mol. The molecule has 114 valence electrons. The molecule has 2 aromatic rings. The molecule has 1 heterocycles. The zero-order valence-electron chi connectivity index (χ0n) is 12.1. The SMILES string of the molecule is CCCNC(Cc1c(F)cccc1F)c1cc(Br)c(C)s1. The molecule has 2 rings (SSSR count). The van der Waals surface area contributed by atoms with Crippen LogP contribution in [0.3, 0.4) is 0 Å². The Morgan fingerprint density at radius 1 is 1.29 bits per heavy atom. The van der Waals surface area contributed by atoms with Crippen molar-refractivity contribution in [3.05, 3.63) is 55.7 Å². The number of aryl methyl sites for hydroxylation is 1. The highest BCUT2D eigenvalue weighted by Gasteiger charge is 2.19. The van der Waals surface area contributed by atoms with Gasteiger partial charge in [0, 0.05) is 25.8 Å². The van der Waals surface area contributed by atoms with Gasteiger partial charge in [0.25, 0.3) is 0 Å². The Kier molecular flexibility index (Phi) is 5.90. The predicted molar refractivity (Wildman–Crippen MR) is 87.9 cm³/mol. The minimum atomic E-state index is -0.481. The Labute approximate surface area is 136 Å². The summed E-state index contributed by atoms with van der Waals surface area (Å²) in [4.78, 5) is 2.26. The highest BCUT2D eigenvalue weighted by Crippen LogP contribution is 2.33. The highest BCUT2D eigenvalue weighted by molar-refractivity contribution is 9.10. The summed E-state index contributed by atoms with van der Waals surface area (Å²) in [6, 6.07) is 5.97. The van der Waals surface area contributed by atoms with E-state index in [-0.39, 0.29) is 11.6 Å². The third-order valence-electron chi connectivity index (χ3n) is 3.33. The summed E-state index contributed by atoms with van der Waals surface area (Å²) in [5, 5.41) is 3.39. The Morgan fingerprint density at radius 3 is 2.48 bits per heavy atom. The van der Waals surface area contributed by atoms with Crippen LogP contribution in [0.1, 0.15) is 34.7 Å². The lowest BCUT2D eigenvalue weighted by Gasteiger charge is -2.18. The maximum absolute atomic E-state index is 13.9. The second-order valence-electron chi connectivity index (χ2n) is 4.96. The van der Waals surface area contributed by atoms with Crippen molar-refractivity contribution in [3.63, 3.8) is 0 Å². The van der Waals surface area contributed by atoms with Crippen molar-refractivity contribution in [2.45, 2.75) is 32.7 Å². The highest BCUT2D eigenvalue weighted by atomic mass is 79.9. The molecule has 0 aliphatic heterocycles. The average Bonchev–Trinajstić information content (AvgIpc) is 2.77. The minimum absolute atomic E-state index is 0.0775. The fourth-order valence-electron chi connectivity index (χ4n) is 2.18. The first-order valence-corrected chi connectivity index (χ1v) is 8.56. The van der Waals surface area contributed by atoms with Crippen LogP contribution in [0.2, 0.25) is 0 Å². The van der Waals surface area contributed by atoms with Gasteiger partial charge in [0.15, 0.2) is 0 Å². The van der Waals surface area contributed by atoms with E-state index in [9.17, 15) is 8.78 Å². The number of rotatable bonds is 6. The molecule has 0 bridgehead atoms. The largest absolute Gasteiger partial charge is 0.309 e. The molecule has 1 N–H and O–H groups in total.